The molecule has 2 aromatic carbocycles. The van der Waals surface area contributed by atoms with Crippen LogP contribution in [0.3, 0.4) is 0 Å². The Labute approximate surface area is 181 Å². The molecule has 1 aromatic heterocycles. The summed E-state index contributed by atoms with van der Waals surface area (Å²) in [6, 6.07) is 17.6. The van der Waals surface area contributed by atoms with Gasteiger partial charge in [-0.2, -0.15) is 0 Å². The van der Waals surface area contributed by atoms with Crippen molar-refractivity contribution < 1.29 is 4.79 Å². The van der Waals surface area contributed by atoms with Crippen molar-refractivity contribution in [3.05, 3.63) is 70.5 Å². The minimum absolute atomic E-state index is 0.00675. The summed E-state index contributed by atoms with van der Waals surface area (Å²) < 4.78 is 1.85. The molecule has 30 heavy (non-hydrogen) atoms. The number of para-hydroxylation sites is 1. The maximum Gasteiger partial charge on any atom is 0.262 e. The van der Waals surface area contributed by atoms with Crippen molar-refractivity contribution >= 4 is 28.6 Å². The van der Waals surface area contributed by atoms with E-state index >= 15 is 0 Å². The highest BCUT2D eigenvalue weighted by Crippen LogP contribution is 2.33. The van der Waals surface area contributed by atoms with Gasteiger partial charge >= 0.3 is 0 Å². The van der Waals surface area contributed by atoms with E-state index in [1.807, 2.05) is 73.1 Å². The average Bonchev–Trinajstić information content (AvgIpc) is 3.28. The summed E-state index contributed by atoms with van der Waals surface area (Å²) in [5, 5.41) is 0.966. The Morgan fingerprint density at radius 1 is 1.13 bits per heavy atom. The number of rotatable bonds is 6. The van der Waals surface area contributed by atoms with Gasteiger partial charge in [-0.25, -0.2) is 4.98 Å². The van der Waals surface area contributed by atoms with Gasteiger partial charge in [0.2, 0.25) is 5.91 Å². The van der Waals surface area contributed by atoms with Crippen LogP contribution in [-0.2, 0) is 11.3 Å². The standard InChI is InChI=1S/C24H27N3O2S/c1-17(22(28)26(2)16-18-10-4-3-5-11-18)30-24-25-21-15-9-8-14-20(21)23(29)27(24)19-12-6-7-13-19/h3-5,8-11,14-15,17,19H,6-7,12-13,16H2,1-2H3. The topological polar surface area (TPSA) is 55.2 Å². The molecule has 1 atom stereocenters. The minimum atomic E-state index is -0.334. The Bertz CT molecular complexity index is 1090. The monoisotopic (exact) mass is 421 g/mol. The van der Waals surface area contributed by atoms with Crippen molar-refractivity contribution in [3.8, 4) is 0 Å². The van der Waals surface area contributed by atoms with Gasteiger partial charge < -0.3 is 4.90 Å². The van der Waals surface area contributed by atoms with Crippen molar-refractivity contribution in [2.75, 3.05) is 7.05 Å². The van der Waals surface area contributed by atoms with E-state index in [1.54, 1.807) is 4.90 Å². The van der Waals surface area contributed by atoms with E-state index < -0.39 is 0 Å². The van der Waals surface area contributed by atoms with Crippen molar-refractivity contribution in [2.24, 2.45) is 0 Å². The number of benzene rings is 2. The maximum absolute atomic E-state index is 13.3. The molecule has 1 heterocycles. The molecule has 0 spiro atoms. The molecule has 156 valence electrons. The first-order valence-electron chi connectivity index (χ1n) is 10.5. The average molecular weight is 422 g/mol. The molecular formula is C24H27N3O2S. The van der Waals surface area contributed by atoms with Crippen LogP contribution in [0.25, 0.3) is 10.9 Å². The van der Waals surface area contributed by atoms with Crippen LogP contribution >= 0.6 is 11.8 Å². The van der Waals surface area contributed by atoms with Gasteiger partial charge in [0, 0.05) is 19.6 Å². The summed E-state index contributed by atoms with van der Waals surface area (Å²) in [7, 11) is 1.82. The fourth-order valence-corrected chi connectivity index (χ4v) is 5.24. The van der Waals surface area contributed by atoms with E-state index in [2.05, 4.69) is 0 Å². The van der Waals surface area contributed by atoms with Gasteiger partial charge in [0.25, 0.3) is 5.56 Å². The van der Waals surface area contributed by atoms with E-state index in [0.717, 1.165) is 31.2 Å². The third-order valence-electron chi connectivity index (χ3n) is 5.73. The quantitative estimate of drug-likeness (QED) is 0.429. The minimum Gasteiger partial charge on any atom is -0.340 e. The van der Waals surface area contributed by atoms with Gasteiger partial charge in [0.1, 0.15) is 0 Å². The summed E-state index contributed by atoms with van der Waals surface area (Å²) >= 11 is 1.39. The van der Waals surface area contributed by atoms with Gasteiger partial charge in [-0.15, -0.1) is 0 Å². The van der Waals surface area contributed by atoms with Crippen LogP contribution in [0.5, 0.6) is 0 Å². The normalized spacial score (nSPS) is 15.4. The highest BCUT2D eigenvalue weighted by atomic mass is 32.2. The Hall–Kier alpha value is -2.60. The van der Waals surface area contributed by atoms with E-state index in [4.69, 9.17) is 4.98 Å². The van der Waals surface area contributed by atoms with Crippen molar-refractivity contribution in [3.63, 3.8) is 0 Å². The molecule has 3 aromatic rings. The van der Waals surface area contributed by atoms with E-state index in [1.165, 1.54) is 11.8 Å². The number of nitrogens with zero attached hydrogens (tertiary/aromatic N) is 3. The first kappa shape index (κ1) is 20.7. The molecule has 1 aliphatic rings. The van der Waals surface area contributed by atoms with E-state index in [0.29, 0.717) is 22.6 Å². The molecule has 1 saturated carbocycles. The van der Waals surface area contributed by atoms with Gasteiger partial charge in [-0.05, 0) is 37.5 Å². The smallest absolute Gasteiger partial charge is 0.262 e. The zero-order valence-electron chi connectivity index (χ0n) is 17.5. The third-order valence-corrected chi connectivity index (χ3v) is 6.79. The summed E-state index contributed by atoms with van der Waals surface area (Å²) in [5.74, 6) is 0.0317. The molecule has 1 unspecified atom stereocenters. The molecule has 0 N–H and O–H groups in total. The fourth-order valence-electron chi connectivity index (χ4n) is 4.15. The second-order valence-corrected chi connectivity index (χ2v) is 9.27. The van der Waals surface area contributed by atoms with Gasteiger partial charge in [0.15, 0.2) is 5.16 Å². The Morgan fingerprint density at radius 2 is 1.80 bits per heavy atom. The lowest BCUT2D eigenvalue weighted by molar-refractivity contribution is -0.129. The molecule has 1 amide bonds. The van der Waals surface area contributed by atoms with Crippen LogP contribution in [0.1, 0.15) is 44.2 Å². The second kappa shape index (κ2) is 9.04. The molecular weight excluding hydrogens is 394 g/mol. The van der Waals surface area contributed by atoms with Crippen LogP contribution < -0.4 is 5.56 Å². The molecule has 5 nitrogen and oxygen atoms in total. The van der Waals surface area contributed by atoms with Crippen molar-refractivity contribution in [1.82, 2.24) is 14.5 Å². The lowest BCUT2D eigenvalue weighted by Gasteiger charge is -2.23. The molecule has 0 radical (unpaired) electrons. The summed E-state index contributed by atoms with van der Waals surface area (Å²) in [6.45, 7) is 2.46. The van der Waals surface area contributed by atoms with E-state index in [9.17, 15) is 9.59 Å². The molecule has 1 fully saturated rings. The lowest BCUT2D eigenvalue weighted by atomic mass is 10.2. The van der Waals surface area contributed by atoms with Crippen LogP contribution in [0.15, 0.2) is 64.5 Å². The number of fused-ring (bicyclic) bond motifs is 1. The second-order valence-electron chi connectivity index (χ2n) is 7.96. The lowest BCUT2D eigenvalue weighted by Crippen LogP contribution is -2.34. The molecule has 1 aliphatic carbocycles. The number of thioether (sulfide) groups is 1. The molecule has 4 rings (SSSR count). The van der Waals surface area contributed by atoms with Gasteiger partial charge in [-0.1, -0.05) is 67.1 Å². The number of hydrogen-bond acceptors (Lipinski definition) is 4. The van der Waals surface area contributed by atoms with Crippen LogP contribution in [0.2, 0.25) is 0 Å². The van der Waals surface area contributed by atoms with Gasteiger partial charge in [0.05, 0.1) is 16.2 Å². The summed E-state index contributed by atoms with van der Waals surface area (Å²) in [4.78, 5) is 32.8. The number of carbonyl (C=O) groups excluding carboxylic acids is 1. The molecule has 0 bridgehead atoms. The zero-order valence-corrected chi connectivity index (χ0v) is 18.3. The SMILES string of the molecule is CC(Sc1nc2ccccc2c(=O)n1C1CCCC1)C(=O)N(C)Cc1ccccc1. The Balaban J connectivity index is 1.61. The predicted molar refractivity (Wildman–Crippen MR) is 122 cm³/mol. The summed E-state index contributed by atoms with van der Waals surface area (Å²) in [6.07, 6.45) is 4.23. The largest absolute Gasteiger partial charge is 0.340 e. The first-order valence-corrected chi connectivity index (χ1v) is 11.4. The Kier molecular flexibility index (Phi) is 6.23. The first-order chi connectivity index (χ1) is 14.5. The van der Waals surface area contributed by atoms with Crippen LogP contribution in [0, 0.1) is 0 Å². The molecule has 6 heteroatoms. The van der Waals surface area contributed by atoms with Crippen molar-refractivity contribution in [2.45, 2.75) is 55.6 Å². The highest BCUT2D eigenvalue weighted by molar-refractivity contribution is 8.00. The highest BCUT2D eigenvalue weighted by Gasteiger charge is 2.26. The molecule has 0 saturated heterocycles. The Morgan fingerprint density at radius 3 is 2.53 bits per heavy atom. The van der Waals surface area contributed by atoms with Gasteiger partial charge in [-0.3, -0.25) is 14.2 Å². The predicted octanol–water partition coefficient (Wildman–Crippen LogP) is 4.65. The maximum atomic E-state index is 13.3. The number of amides is 1. The fraction of sp³-hybridized carbons (Fsp3) is 0.375. The summed E-state index contributed by atoms with van der Waals surface area (Å²) in [5.41, 5.74) is 1.79. The zero-order chi connectivity index (χ0) is 21.1. The number of hydrogen-bond donors (Lipinski definition) is 0. The van der Waals surface area contributed by atoms with Crippen LogP contribution in [0.4, 0.5) is 0 Å². The van der Waals surface area contributed by atoms with Crippen LogP contribution in [-0.4, -0.2) is 32.7 Å². The third kappa shape index (κ3) is 4.29. The number of carbonyl (C=O) groups is 1. The number of aromatic nitrogens is 2. The molecule has 0 aliphatic heterocycles. The van der Waals surface area contributed by atoms with E-state index in [-0.39, 0.29) is 22.8 Å². The van der Waals surface area contributed by atoms with Crippen molar-refractivity contribution in [1.29, 1.82) is 0 Å².